The predicted octanol–water partition coefficient (Wildman–Crippen LogP) is 1.88. The SMILES string of the molecule is C[Si](C)(C)CCOCn1c(=O)[nH]c(=O)c2cnc3[nH]ccc3c21. The van der Waals surface area contributed by atoms with Crippen LogP contribution in [0, 0.1) is 0 Å². The molecule has 122 valence electrons. The number of rotatable bonds is 5. The van der Waals surface area contributed by atoms with Gasteiger partial charge in [0, 0.05) is 32.5 Å². The molecule has 0 fully saturated rings. The van der Waals surface area contributed by atoms with E-state index in [9.17, 15) is 9.59 Å². The van der Waals surface area contributed by atoms with Gasteiger partial charge in [-0.05, 0) is 12.1 Å². The van der Waals surface area contributed by atoms with Crippen LogP contribution < -0.4 is 11.2 Å². The van der Waals surface area contributed by atoms with Crippen LogP contribution in [0.5, 0.6) is 0 Å². The topological polar surface area (TPSA) is 92.8 Å². The van der Waals surface area contributed by atoms with Crippen LogP contribution in [0.15, 0.2) is 28.0 Å². The molecule has 3 aromatic heterocycles. The second-order valence-electron chi connectivity index (χ2n) is 6.80. The molecule has 0 aliphatic heterocycles. The average Bonchev–Trinajstić information content (AvgIpc) is 2.93. The van der Waals surface area contributed by atoms with Crippen molar-refractivity contribution in [1.29, 1.82) is 0 Å². The highest BCUT2D eigenvalue weighted by Gasteiger charge is 2.14. The molecule has 3 aromatic rings. The van der Waals surface area contributed by atoms with Gasteiger partial charge in [0.15, 0.2) is 0 Å². The van der Waals surface area contributed by atoms with E-state index < -0.39 is 19.3 Å². The average molecular weight is 332 g/mol. The fourth-order valence-corrected chi connectivity index (χ4v) is 3.20. The number of ether oxygens (including phenoxy) is 1. The summed E-state index contributed by atoms with van der Waals surface area (Å²) in [5.74, 6) is 0. The Labute approximate surface area is 133 Å². The minimum Gasteiger partial charge on any atom is -0.361 e. The van der Waals surface area contributed by atoms with E-state index >= 15 is 0 Å². The Morgan fingerprint density at radius 1 is 1.26 bits per heavy atom. The molecule has 0 spiro atoms. The van der Waals surface area contributed by atoms with Crippen LogP contribution in [-0.4, -0.2) is 34.2 Å². The number of H-pyrrole nitrogens is 2. The second kappa shape index (κ2) is 5.78. The van der Waals surface area contributed by atoms with E-state index in [1.165, 1.54) is 10.8 Å². The van der Waals surface area contributed by atoms with Gasteiger partial charge in [-0.2, -0.15) is 0 Å². The molecule has 0 unspecified atom stereocenters. The summed E-state index contributed by atoms with van der Waals surface area (Å²) in [5.41, 5.74) is 0.291. The molecule has 0 saturated carbocycles. The Balaban J connectivity index is 2.03. The van der Waals surface area contributed by atoms with Gasteiger partial charge in [-0.3, -0.25) is 14.3 Å². The second-order valence-corrected chi connectivity index (χ2v) is 12.4. The standard InChI is InChI=1S/C15H20N4O3Si/c1-23(2,3)7-6-22-9-19-12-10-4-5-16-13(10)17-8-11(12)14(20)18-15(19)21/h4-5,8H,6-7,9H2,1-3H3,(H,16,17)(H,18,20,21). The summed E-state index contributed by atoms with van der Waals surface area (Å²) in [5, 5.41) is 1.12. The monoisotopic (exact) mass is 332 g/mol. The minimum absolute atomic E-state index is 0.112. The highest BCUT2D eigenvalue weighted by Crippen LogP contribution is 2.19. The van der Waals surface area contributed by atoms with Crippen LogP contribution in [0.2, 0.25) is 25.7 Å². The van der Waals surface area contributed by atoms with Crippen molar-refractivity contribution >= 4 is 30.0 Å². The fourth-order valence-electron chi connectivity index (χ4n) is 2.44. The Hall–Kier alpha value is -2.19. The molecule has 3 heterocycles. The van der Waals surface area contributed by atoms with E-state index in [2.05, 4.69) is 34.6 Å². The third kappa shape index (κ3) is 3.13. The molecule has 7 nitrogen and oxygen atoms in total. The summed E-state index contributed by atoms with van der Waals surface area (Å²) in [6.45, 7) is 7.53. The maximum atomic E-state index is 12.2. The highest BCUT2D eigenvalue weighted by molar-refractivity contribution is 6.76. The lowest BCUT2D eigenvalue weighted by Crippen LogP contribution is -2.31. The van der Waals surface area contributed by atoms with Crippen molar-refractivity contribution in [2.45, 2.75) is 32.4 Å². The predicted molar refractivity (Wildman–Crippen MR) is 92.6 cm³/mol. The lowest BCUT2D eigenvalue weighted by molar-refractivity contribution is 0.0870. The van der Waals surface area contributed by atoms with Crippen molar-refractivity contribution in [3.8, 4) is 0 Å². The van der Waals surface area contributed by atoms with Gasteiger partial charge in [-0.1, -0.05) is 19.6 Å². The first kappa shape index (κ1) is 15.7. The zero-order valence-corrected chi connectivity index (χ0v) is 14.5. The molecule has 0 saturated heterocycles. The Bertz CT molecular complexity index is 965. The van der Waals surface area contributed by atoms with Crippen LogP contribution in [0.4, 0.5) is 0 Å². The van der Waals surface area contributed by atoms with Crippen LogP contribution in [0.3, 0.4) is 0 Å². The molecular formula is C15H20N4O3Si. The zero-order chi connectivity index (χ0) is 16.6. The molecule has 0 atom stereocenters. The van der Waals surface area contributed by atoms with Crippen LogP contribution in [0.1, 0.15) is 0 Å². The summed E-state index contributed by atoms with van der Waals surface area (Å²) in [6, 6.07) is 2.83. The molecule has 23 heavy (non-hydrogen) atoms. The molecular weight excluding hydrogens is 312 g/mol. The summed E-state index contributed by atoms with van der Waals surface area (Å²) in [6.07, 6.45) is 3.21. The van der Waals surface area contributed by atoms with Crippen molar-refractivity contribution in [1.82, 2.24) is 19.5 Å². The van der Waals surface area contributed by atoms with Crippen molar-refractivity contribution in [3.63, 3.8) is 0 Å². The molecule has 3 rings (SSSR count). The molecule has 0 aliphatic rings. The van der Waals surface area contributed by atoms with E-state index in [-0.39, 0.29) is 6.73 Å². The fraction of sp³-hybridized carbons (Fsp3) is 0.400. The number of aromatic amines is 2. The van der Waals surface area contributed by atoms with E-state index in [1.807, 2.05) is 6.07 Å². The first-order chi connectivity index (χ1) is 10.9. The summed E-state index contributed by atoms with van der Waals surface area (Å²) < 4.78 is 7.15. The van der Waals surface area contributed by atoms with Gasteiger partial charge in [0.1, 0.15) is 12.4 Å². The Morgan fingerprint density at radius 2 is 2.04 bits per heavy atom. The van der Waals surface area contributed by atoms with Crippen LogP contribution in [0.25, 0.3) is 21.9 Å². The summed E-state index contributed by atoms with van der Waals surface area (Å²) in [4.78, 5) is 33.8. The molecule has 2 N–H and O–H groups in total. The lowest BCUT2D eigenvalue weighted by atomic mass is 10.2. The summed E-state index contributed by atoms with van der Waals surface area (Å²) >= 11 is 0. The molecule has 0 radical (unpaired) electrons. The van der Waals surface area contributed by atoms with Crippen LogP contribution in [-0.2, 0) is 11.5 Å². The van der Waals surface area contributed by atoms with Gasteiger partial charge in [-0.25, -0.2) is 9.78 Å². The van der Waals surface area contributed by atoms with E-state index in [0.717, 1.165) is 11.4 Å². The largest absolute Gasteiger partial charge is 0.361 e. The smallest absolute Gasteiger partial charge is 0.330 e. The third-order valence-electron chi connectivity index (χ3n) is 3.76. The Morgan fingerprint density at radius 3 is 2.78 bits per heavy atom. The first-order valence-electron chi connectivity index (χ1n) is 7.53. The number of hydrogen-bond donors (Lipinski definition) is 2. The maximum Gasteiger partial charge on any atom is 0.330 e. The number of pyridine rings is 1. The molecule has 0 aromatic carbocycles. The molecule has 0 bridgehead atoms. The maximum absolute atomic E-state index is 12.2. The van der Waals surface area contributed by atoms with Crippen molar-refractivity contribution < 1.29 is 4.74 Å². The quantitative estimate of drug-likeness (QED) is 0.551. The summed E-state index contributed by atoms with van der Waals surface area (Å²) in [7, 11) is -1.19. The Kier molecular flexibility index (Phi) is 3.95. The minimum atomic E-state index is -1.19. The first-order valence-corrected chi connectivity index (χ1v) is 11.2. The number of hydrogen-bond acceptors (Lipinski definition) is 4. The molecule has 0 amide bonds. The normalized spacial score (nSPS) is 12.3. The third-order valence-corrected chi connectivity index (χ3v) is 5.46. The van der Waals surface area contributed by atoms with Crippen molar-refractivity contribution in [2.75, 3.05) is 6.61 Å². The van der Waals surface area contributed by atoms with Gasteiger partial charge >= 0.3 is 5.69 Å². The van der Waals surface area contributed by atoms with Crippen molar-refractivity contribution in [2.24, 2.45) is 0 Å². The zero-order valence-electron chi connectivity index (χ0n) is 13.5. The number of nitrogens with zero attached hydrogens (tertiary/aromatic N) is 2. The van der Waals surface area contributed by atoms with Crippen LogP contribution >= 0.6 is 0 Å². The number of fused-ring (bicyclic) bond motifs is 3. The van der Waals surface area contributed by atoms with E-state index in [4.69, 9.17) is 4.74 Å². The van der Waals surface area contributed by atoms with E-state index in [1.54, 1.807) is 6.20 Å². The van der Waals surface area contributed by atoms with Gasteiger partial charge in [0.05, 0.1) is 10.9 Å². The van der Waals surface area contributed by atoms with Gasteiger partial charge < -0.3 is 9.72 Å². The molecule has 0 aliphatic carbocycles. The lowest BCUT2D eigenvalue weighted by Gasteiger charge is -2.16. The number of nitrogens with one attached hydrogen (secondary N) is 2. The van der Waals surface area contributed by atoms with Gasteiger partial charge in [0.2, 0.25) is 0 Å². The van der Waals surface area contributed by atoms with Crippen molar-refractivity contribution in [3.05, 3.63) is 39.3 Å². The number of aromatic nitrogens is 4. The highest BCUT2D eigenvalue weighted by atomic mass is 28.3. The van der Waals surface area contributed by atoms with Gasteiger partial charge in [0.25, 0.3) is 5.56 Å². The van der Waals surface area contributed by atoms with Gasteiger partial charge in [-0.15, -0.1) is 0 Å². The van der Waals surface area contributed by atoms with E-state index in [0.29, 0.717) is 23.2 Å². The molecule has 8 heteroatoms.